The van der Waals surface area contributed by atoms with Crippen LogP contribution in [-0.4, -0.2) is 15.9 Å². The lowest BCUT2D eigenvalue weighted by atomic mass is 10.3. The van der Waals surface area contributed by atoms with E-state index in [4.69, 9.17) is 5.73 Å². The van der Waals surface area contributed by atoms with Crippen molar-refractivity contribution in [1.29, 1.82) is 0 Å². The third kappa shape index (κ3) is 1.69. The van der Waals surface area contributed by atoms with Crippen molar-refractivity contribution < 1.29 is 0 Å². The van der Waals surface area contributed by atoms with Gasteiger partial charge in [0, 0.05) is 23.3 Å². The molecule has 0 radical (unpaired) electrons. The van der Waals surface area contributed by atoms with Gasteiger partial charge >= 0.3 is 0 Å². The number of hydrogen-bond acceptors (Lipinski definition) is 4. The molecule has 0 saturated carbocycles. The molecule has 0 saturated heterocycles. The van der Waals surface area contributed by atoms with Crippen LogP contribution >= 0.6 is 11.3 Å². The highest BCUT2D eigenvalue weighted by atomic mass is 32.1. The zero-order chi connectivity index (χ0) is 9.97. The number of thiazole rings is 1. The maximum atomic E-state index is 11.4. The highest BCUT2D eigenvalue weighted by molar-refractivity contribution is 7.17. The lowest BCUT2D eigenvalue weighted by Gasteiger charge is -1.90. The number of aryl methyl sites for hydroxylation is 1. The Hall–Kier alpha value is -1.20. The third-order valence-corrected chi connectivity index (χ3v) is 3.02. The summed E-state index contributed by atoms with van der Waals surface area (Å²) in [6.07, 6.45) is 5.26. The molecule has 74 valence electrons. The number of nitrogens with two attached hydrogens (primary N) is 1. The summed E-state index contributed by atoms with van der Waals surface area (Å²) in [5.74, 6) is 0. The fraction of sp³-hybridized carbons (Fsp3) is 0.333. The van der Waals surface area contributed by atoms with Crippen LogP contribution < -0.4 is 11.3 Å². The van der Waals surface area contributed by atoms with Gasteiger partial charge in [-0.25, -0.2) is 4.98 Å². The average Bonchev–Trinajstić information content (AvgIpc) is 2.59. The van der Waals surface area contributed by atoms with E-state index in [1.165, 1.54) is 6.07 Å². The van der Waals surface area contributed by atoms with Crippen molar-refractivity contribution in [3.05, 3.63) is 33.7 Å². The van der Waals surface area contributed by atoms with Gasteiger partial charge in [0.2, 0.25) is 0 Å². The second-order valence-electron chi connectivity index (χ2n) is 3.03. The summed E-state index contributed by atoms with van der Waals surface area (Å²) in [6.45, 7) is 0.677. The summed E-state index contributed by atoms with van der Waals surface area (Å²) in [5.41, 5.74) is 5.40. The molecule has 0 aliphatic heterocycles. The molecule has 0 amide bonds. The maximum absolute atomic E-state index is 11.4. The first kappa shape index (κ1) is 9.36. The van der Waals surface area contributed by atoms with Gasteiger partial charge in [-0.15, -0.1) is 11.3 Å². The zero-order valence-electron chi connectivity index (χ0n) is 7.64. The molecular formula is C9H11N3OS. The summed E-state index contributed by atoms with van der Waals surface area (Å²) in [6, 6.07) is 1.46. The molecule has 0 bridgehead atoms. The van der Waals surface area contributed by atoms with Crippen molar-refractivity contribution in [2.45, 2.75) is 12.8 Å². The van der Waals surface area contributed by atoms with Gasteiger partial charge in [0.05, 0.1) is 0 Å². The first-order valence-corrected chi connectivity index (χ1v) is 5.29. The summed E-state index contributed by atoms with van der Waals surface area (Å²) >= 11 is 1.55. The van der Waals surface area contributed by atoms with Gasteiger partial charge in [0.15, 0.2) is 4.96 Å². The van der Waals surface area contributed by atoms with Gasteiger partial charge in [0.25, 0.3) is 5.56 Å². The molecule has 2 N–H and O–H groups in total. The van der Waals surface area contributed by atoms with Gasteiger partial charge < -0.3 is 5.73 Å². The Bertz CT molecular complexity index is 488. The Morgan fingerprint density at radius 3 is 3.14 bits per heavy atom. The summed E-state index contributed by atoms with van der Waals surface area (Å²) < 4.78 is 1.58. The Balaban J connectivity index is 2.41. The molecule has 2 aromatic rings. The smallest absolute Gasteiger partial charge is 0.258 e. The SMILES string of the molecule is NCCCc1cn2c(=O)ccnc2s1. The molecule has 0 spiro atoms. The molecule has 0 aliphatic carbocycles. The first-order chi connectivity index (χ1) is 6.81. The lowest BCUT2D eigenvalue weighted by Crippen LogP contribution is -2.09. The van der Waals surface area contributed by atoms with Crippen molar-refractivity contribution >= 4 is 16.3 Å². The third-order valence-electron chi connectivity index (χ3n) is 1.97. The monoisotopic (exact) mass is 209 g/mol. The fourth-order valence-electron chi connectivity index (χ4n) is 1.28. The van der Waals surface area contributed by atoms with Crippen molar-refractivity contribution in [2.75, 3.05) is 6.54 Å². The van der Waals surface area contributed by atoms with E-state index < -0.39 is 0 Å². The summed E-state index contributed by atoms with van der Waals surface area (Å²) in [7, 11) is 0. The van der Waals surface area contributed by atoms with Gasteiger partial charge in [-0.05, 0) is 19.4 Å². The summed E-state index contributed by atoms with van der Waals surface area (Å²) in [4.78, 5) is 17.4. The fourth-order valence-corrected chi connectivity index (χ4v) is 2.27. The topological polar surface area (TPSA) is 60.4 Å². The van der Waals surface area contributed by atoms with Crippen LogP contribution in [0, 0.1) is 0 Å². The van der Waals surface area contributed by atoms with E-state index in [9.17, 15) is 4.79 Å². The van der Waals surface area contributed by atoms with Gasteiger partial charge in [-0.2, -0.15) is 0 Å². The Labute approximate surface area is 85.0 Å². The van der Waals surface area contributed by atoms with Crippen molar-refractivity contribution in [3.63, 3.8) is 0 Å². The highest BCUT2D eigenvalue weighted by Crippen LogP contribution is 2.15. The van der Waals surface area contributed by atoms with E-state index in [-0.39, 0.29) is 5.56 Å². The van der Waals surface area contributed by atoms with Crippen molar-refractivity contribution in [2.24, 2.45) is 5.73 Å². The molecule has 0 aliphatic rings. The number of hydrogen-bond donors (Lipinski definition) is 1. The minimum Gasteiger partial charge on any atom is -0.330 e. The van der Waals surface area contributed by atoms with Crippen LogP contribution in [0.2, 0.25) is 0 Å². The minimum absolute atomic E-state index is 0.0229. The van der Waals surface area contributed by atoms with E-state index in [0.717, 1.165) is 22.7 Å². The van der Waals surface area contributed by atoms with E-state index in [0.29, 0.717) is 6.54 Å². The van der Waals surface area contributed by atoms with Crippen LogP contribution in [0.5, 0.6) is 0 Å². The molecule has 0 atom stereocenters. The number of fused-ring (bicyclic) bond motifs is 1. The van der Waals surface area contributed by atoms with Crippen LogP contribution in [0.1, 0.15) is 11.3 Å². The molecule has 0 fully saturated rings. The predicted molar refractivity (Wildman–Crippen MR) is 56.7 cm³/mol. The predicted octanol–water partition coefficient (Wildman–Crippen LogP) is 0.647. The van der Waals surface area contributed by atoms with Crippen LogP contribution in [0.25, 0.3) is 4.96 Å². The van der Waals surface area contributed by atoms with Crippen LogP contribution in [-0.2, 0) is 6.42 Å². The van der Waals surface area contributed by atoms with E-state index in [2.05, 4.69) is 4.98 Å². The normalized spacial score (nSPS) is 10.9. The molecule has 4 nitrogen and oxygen atoms in total. The molecule has 14 heavy (non-hydrogen) atoms. The number of nitrogens with zero attached hydrogens (tertiary/aromatic N) is 2. The number of rotatable bonds is 3. The van der Waals surface area contributed by atoms with Crippen LogP contribution in [0.15, 0.2) is 23.3 Å². The van der Waals surface area contributed by atoms with Crippen molar-refractivity contribution in [3.8, 4) is 0 Å². The van der Waals surface area contributed by atoms with Gasteiger partial charge in [-0.1, -0.05) is 0 Å². The molecule has 0 aromatic carbocycles. The Morgan fingerprint density at radius 1 is 1.57 bits per heavy atom. The van der Waals surface area contributed by atoms with E-state index in [1.54, 1.807) is 21.9 Å². The van der Waals surface area contributed by atoms with E-state index in [1.807, 2.05) is 6.20 Å². The van der Waals surface area contributed by atoms with E-state index >= 15 is 0 Å². The molecule has 2 rings (SSSR count). The van der Waals surface area contributed by atoms with Gasteiger partial charge in [0.1, 0.15) is 0 Å². The Kier molecular flexibility index (Phi) is 2.60. The first-order valence-electron chi connectivity index (χ1n) is 4.47. The molecule has 0 unspecified atom stereocenters. The standard InChI is InChI=1S/C9H11N3OS/c10-4-1-2-7-6-12-8(13)3-5-11-9(12)14-7/h3,5-6H,1-2,4,10H2. The highest BCUT2D eigenvalue weighted by Gasteiger charge is 2.02. The molecule has 2 heterocycles. The molecular weight excluding hydrogens is 198 g/mol. The largest absolute Gasteiger partial charge is 0.330 e. The average molecular weight is 209 g/mol. The van der Waals surface area contributed by atoms with Gasteiger partial charge in [-0.3, -0.25) is 9.20 Å². The lowest BCUT2D eigenvalue weighted by molar-refractivity contribution is 0.839. The maximum Gasteiger partial charge on any atom is 0.258 e. The van der Waals surface area contributed by atoms with Crippen molar-refractivity contribution in [1.82, 2.24) is 9.38 Å². The zero-order valence-corrected chi connectivity index (χ0v) is 8.46. The quantitative estimate of drug-likeness (QED) is 0.807. The summed E-state index contributed by atoms with van der Waals surface area (Å²) in [5, 5.41) is 0. The Morgan fingerprint density at radius 2 is 2.43 bits per heavy atom. The minimum atomic E-state index is -0.0229. The molecule has 2 aromatic heterocycles. The van der Waals surface area contributed by atoms with Crippen LogP contribution in [0.4, 0.5) is 0 Å². The van der Waals surface area contributed by atoms with Crippen LogP contribution in [0.3, 0.4) is 0 Å². The number of aromatic nitrogens is 2. The molecule has 5 heteroatoms. The second-order valence-corrected chi connectivity index (χ2v) is 4.12. The second kappa shape index (κ2) is 3.89.